The molecule has 1 heterocycles. The van der Waals surface area contributed by atoms with Crippen LogP contribution >= 0.6 is 0 Å². The maximum atomic E-state index is 12.3. The molecule has 3 rings (SSSR count). The number of aliphatic hydroxyl groups is 1. The van der Waals surface area contributed by atoms with Gasteiger partial charge < -0.3 is 15.2 Å². The Balaban J connectivity index is 1.48. The Hall–Kier alpha value is -1.43. The van der Waals surface area contributed by atoms with Gasteiger partial charge >= 0.3 is 0 Å². The topological polar surface area (TPSA) is 61.8 Å². The molecule has 0 spiro atoms. The molecule has 1 aromatic rings. The Labute approximate surface area is 150 Å². The fraction of sp³-hybridized carbons (Fsp3) is 0.650. The van der Waals surface area contributed by atoms with Crippen molar-refractivity contribution in [1.29, 1.82) is 0 Å². The number of benzene rings is 1. The molecular weight excluding hydrogens is 316 g/mol. The second-order valence-corrected chi connectivity index (χ2v) is 7.59. The summed E-state index contributed by atoms with van der Waals surface area (Å²) < 4.78 is 5.88. The molecule has 1 aliphatic carbocycles. The van der Waals surface area contributed by atoms with E-state index >= 15 is 0 Å². The fourth-order valence-electron chi connectivity index (χ4n) is 3.93. The zero-order valence-electron chi connectivity index (χ0n) is 15.1. The van der Waals surface area contributed by atoms with E-state index in [4.69, 9.17) is 4.74 Å². The molecule has 1 saturated carbocycles. The van der Waals surface area contributed by atoms with Crippen LogP contribution in [0.5, 0.6) is 0 Å². The van der Waals surface area contributed by atoms with Gasteiger partial charge in [-0.2, -0.15) is 0 Å². The van der Waals surface area contributed by atoms with Gasteiger partial charge in [-0.1, -0.05) is 43.2 Å². The lowest BCUT2D eigenvalue weighted by atomic mass is 9.97. The minimum absolute atomic E-state index is 0.0142. The maximum Gasteiger partial charge on any atom is 0.223 e. The first-order valence-corrected chi connectivity index (χ1v) is 9.44. The SMILES string of the molecule is C[C@H](NC(=O)CC1(O)CCCC1)[C@H]1CN(Cc2ccccc2)CCO1. The lowest BCUT2D eigenvalue weighted by Crippen LogP contribution is -2.52. The van der Waals surface area contributed by atoms with Crippen LogP contribution in [0.1, 0.15) is 44.6 Å². The number of rotatable bonds is 6. The smallest absolute Gasteiger partial charge is 0.223 e. The van der Waals surface area contributed by atoms with E-state index in [0.29, 0.717) is 6.61 Å². The molecule has 2 N–H and O–H groups in total. The van der Waals surface area contributed by atoms with E-state index in [9.17, 15) is 9.90 Å². The van der Waals surface area contributed by atoms with E-state index in [0.717, 1.165) is 45.3 Å². The highest BCUT2D eigenvalue weighted by Gasteiger charge is 2.34. The summed E-state index contributed by atoms with van der Waals surface area (Å²) in [5.41, 5.74) is 0.500. The second-order valence-electron chi connectivity index (χ2n) is 7.59. The van der Waals surface area contributed by atoms with Crippen LogP contribution in [0, 0.1) is 0 Å². The third-order valence-corrected chi connectivity index (χ3v) is 5.40. The Kier molecular flexibility index (Phi) is 6.10. The van der Waals surface area contributed by atoms with Crippen LogP contribution < -0.4 is 5.32 Å². The second kappa shape index (κ2) is 8.30. The van der Waals surface area contributed by atoms with Gasteiger partial charge in [0.1, 0.15) is 0 Å². The Morgan fingerprint density at radius 3 is 2.80 bits per heavy atom. The van der Waals surface area contributed by atoms with Crippen molar-refractivity contribution in [2.45, 2.75) is 63.3 Å². The minimum atomic E-state index is -0.795. The number of nitrogens with one attached hydrogen (secondary N) is 1. The molecule has 1 saturated heterocycles. The van der Waals surface area contributed by atoms with Crippen molar-refractivity contribution in [1.82, 2.24) is 10.2 Å². The Bertz CT molecular complexity index is 557. The summed E-state index contributed by atoms with van der Waals surface area (Å²) in [7, 11) is 0. The highest BCUT2D eigenvalue weighted by molar-refractivity contribution is 5.77. The molecule has 25 heavy (non-hydrogen) atoms. The number of carbonyl (C=O) groups is 1. The van der Waals surface area contributed by atoms with Gasteiger partial charge in [0.25, 0.3) is 0 Å². The quantitative estimate of drug-likeness (QED) is 0.828. The molecule has 2 atom stereocenters. The molecule has 1 aliphatic heterocycles. The van der Waals surface area contributed by atoms with E-state index in [2.05, 4.69) is 34.5 Å². The molecule has 5 nitrogen and oxygen atoms in total. The Morgan fingerprint density at radius 2 is 2.08 bits per heavy atom. The molecule has 0 bridgehead atoms. The summed E-state index contributed by atoms with van der Waals surface area (Å²) in [6.45, 7) is 5.29. The van der Waals surface area contributed by atoms with Crippen LogP contribution in [0.15, 0.2) is 30.3 Å². The van der Waals surface area contributed by atoms with Crippen LogP contribution in [0.25, 0.3) is 0 Å². The molecule has 1 aromatic carbocycles. The van der Waals surface area contributed by atoms with Crippen LogP contribution in [0.4, 0.5) is 0 Å². The zero-order chi connectivity index (χ0) is 17.7. The average molecular weight is 346 g/mol. The van der Waals surface area contributed by atoms with E-state index in [1.54, 1.807) is 0 Å². The van der Waals surface area contributed by atoms with Gasteiger partial charge in [-0.15, -0.1) is 0 Å². The molecule has 138 valence electrons. The van der Waals surface area contributed by atoms with Crippen molar-refractivity contribution in [3.63, 3.8) is 0 Å². The number of ether oxygens (including phenoxy) is 1. The number of carbonyl (C=O) groups excluding carboxylic acids is 1. The monoisotopic (exact) mass is 346 g/mol. The van der Waals surface area contributed by atoms with Gasteiger partial charge in [-0.05, 0) is 25.3 Å². The van der Waals surface area contributed by atoms with Gasteiger partial charge in [-0.25, -0.2) is 0 Å². The van der Waals surface area contributed by atoms with Crippen molar-refractivity contribution in [3.8, 4) is 0 Å². The summed E-state index contributed by atoms with van der Waals surface area (Å²) in [6.07, 6.45) is 3.69. The number of hydrogen-bond acceptors (Lipinski definition) is 4. The van der Waals surface area contributed by atoms with Gasteiger partial charge in [0.2, 0.25) is 5.91 Å². The Morgan fingerprint density at radius 1 is 1.36 bits per heavy atom. The van der Waals surface area contributed by atoms with E-state index in [1.165, 1.54) is 5.56 Å². The molecule has 2 fully saturated rings. The molecule has 5 heteroatoms. The molecular formula is C20H30N2O3. The van der Waals surface area contributed by atoms with Crippen molar-refractivity contribution < 1.29 is 14.6 Å². The predicted octanol–water partition coefficient (Wildman–Crippen LogP) is 2.09. The van der Waals surface area contributed by atoms with Crippen molar-refractivity contribution in [3.05, 3.63) is 35.9 Å². The summed E-state index contributed by atoms with van der Waals surface area (Å²) in [5, 5.41) is 13.4. The highest BCUT2D eigenvalue weighted by atomic mass is 16.5. The van der Waals surface area contributed by atoms with Crippen molar-refractivity contribution >= 4 is 5.91 Å². The van der Waals surface area contributed by atoms with Crippen LogP contribution in [0.3, 0.4) is 0 Å². The summed E-state index contributed by atoms with van der Waals surface area (Å²) in [5.74, 6) is -0.0688. The lowest BCUT2D eigenvalue weighted by molar-refractivity contribution is -0.128. The first-order chi connectivity index (χ1) is 12.0. The standard InChI is InChI=1S/C20H30N2O3/c1-16(21-19(23)13-20(24)9-5-6-10-20)18-15-22(11-12-25-18)14-17-7-3-2-4-8-17/h2-4,7-8,16,18,24H,5-6,9-15H2,1H3,(H,21,23)/t16-,18+/m0/s1. The first kappa shape index (κ1) is 18.4. The number of nitrogens with zero attached hydrogens (tertiary/aromatic N) is 1. The molecule has 2 aliphatic rings. The van der Waals surface area contributed by atoms with Gasteiger partial charge in [-0.3, -0.25) is 9.69 Å². The summed E-state index contributed by atoms with van der Waals surface area (Å²) in [4.78, 5) is 14.7. The van der Waals surface area contributed by atoms with Crippen LogP contribution in [-0.2, 0) is 16.1 Å². The number of amides is 1. The summed E-state index contributed by atoms with van der Waals surface area (Å²) >= 11 is 0. The largest absolute Gasteiger partial charge is 0.389 e. The highest BCUT2D eigenvalue weighted by Crippen LogP contribution is 2.32. The first-order valence-electron chi connectivity index (χ1n) is 9.44. The summed E-state index contributed by atoms with van der Waals surface area (Å²) in [6, 6.07) is 10.4. The van der Waals surface area contributed by atoms with E-state index in [-0.39, 0.29) is 24.5 Å². The molecule has 1 amide bonds. The third kappa shape index (κ3) is 5.27. The molecule has 0 radical (unpaired) electrons. The number of hydrogen-bond donors (Lipinski definition) is 2. The molecule has 0 unspecified atom stereocenters. The van der Waals surface area contributed by atoms with Gasteiger partial charge in [0.15, 0.2) is 0 Å². The van der Waals surface area contributed by atoms with Crippen molar-refractivity contribution in [2.24, 2.45) is 0 Å². The fourth-order valence-corrected chi connectivity index (χ4v) is 3.93. The zero-order valence-corrected chi connectivity index (χ0v) is 15.1. The molecule has 0 aromatic heterocycles. The normalized spacial score (nSPS) is 24.8. The van der Waals surface area contributed by atoms with E-state index in [1.807, 2.05) is 13.0 Å². The minimum Gasteiger partial charge on any atom is -0.389 e. The van der Waals surface area contributed by atoms with E-state index < -0.39 is 5.60 Å². The third-order valence-electron chi connectivity index (χ3n) is 5.40. The van der Waals surface area contributed by atoms with Crippen molar-refractivity contribution in [2.75, 3.05) is 19.7 Å². The lowest BCUT2D eigenvalue weighted by Gasteiger charge is -2.36. The predicted molar refractivity (Wildman–Crippen MR) is 97.1 cm³/mol. The maximum absolute atomic E-state index is 12.3. The van der Waals surface area contributed by atoms with Crippen LogP contribution in [0.2, 0.25) is 0 Å². The number of morpholine rings is 1. The average Bonchev–Trinajstić information content (AvgIpc) is 3.02. The van der Waals surface area contributed by atoms with Crippen LogP contribution in [-0.4, -0.2) is 53.4 Å². The van der Waals surface area contributed by atoms with Gasteiger partial charge in [0.05, 0.1) is 30.8 Å². The van der Waals surface area contributed by atoms with Gasteiger partial charge in [0, 0.05) is 19.6 Å².